The van der Waals surface area contributed by atoms with Gasteiger partial charge in [-0.2, -0.15) is 11.8 Å². The molecule has 0 unspecified atom stereocenters. The second-order valence-electron chi connectivity index (χ2n) is 30.1. The van der Waals surface area contributed by atoms with Crippen molar-refractivity contribution in [1.29, 1.82) is 0 Å². The molecule has 1 aliphatic heterocycles. The van der Waals surface area contributed by atoms with Crippen LogP contribution in [-0.2, 0) is 52.7 Å². The van der Waals surface area contributed by atoms with Gasteiger partial charge in [-0.05, 0) is 142 Å². The van der Waals surface area contributed by atoms with Crippen molar-refractivity contribution < 1.29 is 68.1 Å². The second kappa shape index (κ2) is 39.8. The summed E-state index contributed by atoms with van der Waals surface area (Å²) in [5.74, 6) is -9.42. The number of carbonyl (C=O) groups is 11. The molecule has 25 nitrogen and oxygen atoms in total. The summed E-state index contributed by atoms with van der Waals surface area (Å²) in [6, 6.07) is -14.0. The molecule has 96 heavy (non-hydrogen) atoms. The van der Waals surface area contributed by atoms with Crippen LogP contribution in [-0.4, -0.2) is 266 Å². The number of aliphatic hydroxyl groups is 3. The van der Waals surface area contributed by atoms with Crippen molar-refractivity contribution in [2.24, 2.45) is 35.5 Å². The zero-order valence-corrected chi connectivity index (χ0v) is 64.0. The highest BCUT2D eigenvalue weighted by atomic mass is 32.2. The fraction of sp³-hybridized carbons (Fsp3) is 0.814. The first kappa shape index (κ1) is 88.3. The molecule has 1 rings (SSSR count). The number of aliphatic hydroxyl groups excluding tert-OH is 1. The Balaban J connectivity index is 4.52. The van der Waals surface area contributed by atoms with Crippen LogP contribution >= 0.6 is 11.8 Å². The van der Waals surface area contributed by atoms with Crippen molar-refractivity contribution in [3.63, 3.8) is 0 Å². The maximum atomic E-state index is 15.4. The first-order valence-corrected chi connectivity index (χ1v) is 35.6. The van der Waals surface area contributed by atoms with E-state index in [1.165, 1.54) is 118 Å². The summed E-state index contributed by atoms with van der Waals surface area (Å²) in [7, 11) is 10.0. The maximum Gasteiger partial charge on any atom is 0.246 e. The van der Waals surface area contributed by atoms with E-state index in [4.69, 9.17) is 0 Å². The standard InChI is InChI=1S/C70H127N11O14S/c1-27-29-31-45(13)58(83)57-62(87)73-48(28-2)64(89)79(24)53(39-96-33-30-32-69(16,17)94)54(82)38-75(20)52(37-70(18,19)95)61(86)74-55(43(9)10)67(92)76(21)49(34-40(3)4)60(85)71-46(14)59(84)72-47(15)63(88)77(22)50(35-41(5)6)65(90)78(23)51(36-42(7)8)66(91)80(25)56(44(11)12)68(93)81(57)26/h27,29,40-53,55-58,83,94-95H,28,30-39H2,1-26H3,(H,71,85)(H,72,84)(H,73,87)(H,74,86)/t45-,46+,47-,48+,49+,50+,51+,52+,53-,55+,56+,57+,58-/m1/s1. The van der Waals surface area contributed by atoms with E-state index < -0.39 is 173 Å². The van der Waals surface area contributed by atoms with E-state index in [1.54, 1.807) is 74.5 Å². The monoisotopic (exact) mass is 1380 g/mol. The van der Waals surface area contributed by atoms with Gasteiger partial charge in [0.05, 0.1) is 29.9 Å². The average Bonchev–Trinajstić information content (AvgIpc) is 0.809. The lowest BCUT2D eigenvalue weighted by atomic mass is 9.91. The zero-order chi connectivity index (χ0) is 74.5. The van der Waals surface area contributed by atoms with Crippen LogP contribution in [0.5, 0.6) is 0 Å². The molecule has 1 heterocycles. The molecule has 0 radical (unpaired) electrons. The average molecular weight is 1380 g/mol. The van der Waals surface area contributed by atoms with Gasteiger partial charge in [0.2, 0.25) is 59.1 Å². The van der Waals surface area contributed by atoms with E-state index in [9.17, 15) is 39.3 Å². The molecule has 1 saturated heterocycles. The number of nitrogens with zero attached hydrogens (tertiary/aromatic N) is 7. The summed E-state index contributed by atoms with van der Waals surface area (Å²) < 4.78 is 0. The summed E-state index contributed by atoms with van der Waals surface area (Å²) in [5.41, 5.74) is -2.48. The third-order valence-electron chi connectivity index (χ3n) is 17.9. The van der Waals surface area contributed by atoms with E-state index >= 15 is 28.8 Å². The molecule has 0 aromatic rings. The van der Waals surface area contributed by atoms with E-state index in [-0.39, 0.29) is 62.0 Å². The van der Waals surface area contributed by atoms with Gasteiger partial charge in [0, 0.05) is 54.5 Å². The molecule has 0 saturated carbocycles. The fourth-order valence-corrected chi connectivity index (χ4v) is 13.1. The van der Waals surface area contributed by atoms with Crippen LogP contribution in [0.4, 0.5) is 0 Å². The Labute approximate surface area is 579 Å². The lowest BCUT2D eigenvalue weighted by Gasteiger charge is -2.41. The number of allylic oxidation sites excluding steroid dienone is 2. The minimum atomic E-state index is -1.66. The second-order valence-corrected chi connectivity index (χ2v) is 31.3. The number of hydrogen-bond acceptors (Lipinski definition) is 16. The summed E-state index contributed by atoms with van der Waals surface area (Å²) in [6.45, 7) is 31.9. The molecule has 10 amide bonds. The molecule has 0 aromatic carbocycles. The SMILES string of the molecule is CC=CC[C@@H](C)[C@@H](O)[C@H]1C(=O)N[C@@H](CC)C(=O)N(C)[C@H](CSCCCC(C)(C)O)C(=O)CN(C)[C@@H](CC(C)(C)O)C(=O)N[C@@H](C(C)C)C(=O)N(C)[C@@H](CC(C)C)C(=O)N[C@@H](C)C(=O)N[C@H](C)C(=O)N(C)[C@@H](CC(C)C)C(=O)N(C)[C@@H](CC(C)C)C(=O)N(C)[C@@H](C(C)C)C(=O)N1C. The Kier molecular flexibility index (Phi) is 36.6. The highest BCUT2D eigenvalue weighted by Crippen LogP contribution is 2.27. The molecule has 13 atom stereocenters. The largest absolute Gasteiger partial charge is 0.390 e. The van der Waals surface area contributed by atoms with Gasteiger partial charge in [-0.1, -0.05) is 95.2 Å². The molecule has 0 aliphatic carbocycles. The van der Waals surface area contributed by atoms with Gasteiger partial charge < -0.3 is 66.0 Å². The normalized spacial score (nSPS) is 26.6. The Morgan fingerprint density at radius 3 is 1.45 bits per heavy atom. The van der Waals surface area contributed by atoms with Crippen LogP contribution in [0.1, 0.15) is 183 Å². The minimum Gasteiger partial charge on any atom is -0.390 e. The molecule has 0 aromatic heterocycles. The first-order chi connectivity index (χ1) is 44.1. The Morgan fingerprint density at radius 2 is 0.979 bits per heavy atom. The number of rotatable bonds is 21. The summed E-state index contributed by atoms with van der Waals surface area (Å²) in [5, 5.41) is 45.2. The highest BCUT2D eigenvalue weighted by molar-refractivity contribution is 7.99. The number of likely N-dealkylation sites (N-methyl/N-ethyl adjacent to an activating group) is 7. The summed E-state index contributed by atoms with van der Waals surface area (Å²) >= 11 is 1.36. The van der Waals surface area contributed by atoms with Crippen molar-refractivity contribution in [2.45, 2.75) is 267 Å². The van der Waals surface area contributed by atoms with Gasteiger partial charge >= 0.3 is 0 Å². The first-order valence-electron chi connectivity index (χ1n) is 34.5. The summed E-state index contributed by atoms with van der Waals surface area (Å²) in [6.07, 6.45) is 3.45. The maximum absolute atomic E-state index is 15.4. The minimum absolute atomic E-state index is 0.0171. The van der Waals surface area contributed by atoms with Gasteiger partial charge in [0.15, 0.2) is 5.78 Å². The Morgan fingerprint density at radius 1 is 0.521 bits per heavy atom. The van der Waals surface area contributed by atoms with Crippen LogP contribution in [0, 0.1) is 35.5 Å². The third-order valence-corrected chi connectivity index (χ3v) is 19.1. The lowest BCUT2D eigenvalue weighted by Crippen LogP contribution is -2.64. The van der Waals surface area contributed by atoms with Crippen molar-refractivity contribution in [1.82, 2.24) is 55.6 Å². The van der Waals surface area contributed by atoms with Gasteiger partial charge in [-0.15, -0.1) is 0 Å². The lowest BCUT2D eigenvalue weighted by molar-refractivity contribution is -0.157. The van der Waals surface area contributed by atoms with Gasteiger partial charge in [-0.25, -0.2) is 0 Å². The fourth-order valence-electron chi connectivity index (χ4n) is 12.0. The predicted octanol–water partition coefficient (Wildman–Crippen LogP) is 4.08. The van der Waals surface area contributed by atoms with Gasteiger partial charge in [0.25, 0.3) is 0 Å². The molecule has 7 N–H and O–H groups in total. The Hall–Kier alpha value is -5.70. The number of carbonyl (C=O) groups excluding carboxylic acids is 11. The van der Waals surface area contributed by atoms with Crippen molar-refractivity contribution >= 4 is 76.6 Å². The molecule has 1 fully saturated rings. The molecule has 0 bridgehead atoms. The quantitative estimate of drug-likeness (QED) is 0.0629. The number of ketones is 1. The topological polar surface area (TPSA) is 319 Å². The number of Topliss-reactive ketones (excluding diaryl/α,β-unsaturated/α-hetero) is 1. The molecular formula is C70H127N11O14S. The van der Waals surface area contributed by atoms with E-state index in [1.807, 2.05) is 41.5 Å². The highest BCUT2D eigenvalue weighted by Gasteiger charge is 2.46. The van der Waals surface area contributed by atoms with E-state index in [0.29, 0.717) is 18.6 Å². The third kappa shape index (κ3) is 26.9. The van der Waals surface area contributed by atoms with Crippen LogP contribution in [0.15, 0.2) is 12.2 Å². The van der Waals surface area contributed by atoms with Crippen LogP contribution < -0.4 is 21.3 Å². The number of hydrogen-bond donors (Lipinski definition) is 7. The van der Waals surface area contributed by atoms with Crippen LogP contribution in [0.2, 0.25) is 0 Å². The van der Waals surface area contributed by atoms with Crippen molar-refractivity contribution in [3.05, 3.63) is 12.2 Å². The molecule has 1 aliphatic rings. The van der Waals surface area contributed by atoms with Gasteiger partial charge in [-0.3, -0.25) is 57.6 Å². The Bertz CT molecular complexity index is 2620. The number of nitrogens with one attached hydrogen (secondary N) is 4. The molecule has 552 valence electrons. The van der Waals surface area contributed by atoms with Crippen LogP contribution in [0.3, 0.4) is 0 Å². The number of thioether (sulfide) groups is 1. The number of amides is 10. The molecular weight excluding hydrogens is 1250 g/mol. The predicted molar refractivity (Wildman–Crippen MR) is 377 cm³/mol. The van der Waals surface area contributed by atoms with Crippen molar-refractivity contribution in [2.75, 3.05) is 67.4 Å². The van der Waals surface area contributed by atoms with E-state index in [2.05, 4.69) is 21.3 Å². The van der Waals surface area contributed by atoms with Crippen LogP contribution in [0.25, 0.3) is 0 Å². The zero-order valence-electron chi connectivity index (χ0n) is 63.2. The van der Waals surface area contributed by atoms with E-state index in [0.717, 1.165) is 4.90 Å². The van der Waals surface area contributed by atoms with Crippen molar-refractivity contribution in [3.8, 4) is 0 Å². The molecule has 0 spiro atoms. The summed E-state index contributed by atoms with van der Waals surface area (Å²) in [4.78, 5) is 172. The molecule has 26 heteroatoms. The smallest absolute Gasteiger partial charge is 0.246 e. The van der Waals surface area contributed by atoms with Gasteiger partial charge in [0.1, 0.15) is 60.4 Å².